The lowest BCUT2D eigenvalue weighted by Crippen LogP contribution is -2.47. The van der Waals surface area contributed by atoms with E-state index < -0.39 is 0 Å². The van der Waals surface area contributed by atoms with Crippen LogP contribution in [0.1, 0.15) is 59.3 Å². The van der Waals surface area contributed by atoms with Crippen LogP contribution in [-0.4, -0.2) is 51.9 Å². The molecule has 0 aliphatic carbocycles. The van der Waals surface area contributed by atoms with Gasteiger partial charge in [0.25, 0.3) is 0 Å². The highest BCUT2D eigenvalue weighted by Crippen LogP contribution is 2.33. The van der Waals surface area contributed by atoms with Crippen molar-refractivity contribution < 1.29 is 14.3 Å². The number of hydrogen-bond donors (Lipinski definition) is 2. The molecule has 0 radical (unpaired) electrons. The molecule has 1 heterocycles. The van der Waals surface area contributed by atoms with E-state index in [9.17, 15) is 4.79 Å². The summed E-state index contributed by atoms with van der Waals surface area (Å²) in [6.45, 7) is 9.35. The van der Waals surface area contributed by atoms with Gasteiger partial charge in [-0.05, 0) is 31.1 Å². The number of guanidine groups is 1. The van der Waals surface area contributed by atoms with Crippen LogP contribution in [0.3, 0.4) is 0 Å². The summed E-state index contributed by atoms with van der Waals surface area (Å²) < 4.78 is 10.7. The summed E-state index contributed by atoms with van der Waals surface area (Å²) in [5.41, 5.74) is 0.156. The Labute approximate surface area is 176 Å². The molecule has 154 valence electrons. The highest BCUT2D eigenvalue weighted by atomic mass is 127. The lowest BCUT2D eigenvalue weighted by Gasteiger charge is -2.40. The summed E-state index contributed by atoms with van der Waals surface area (Å²) in [6.07, 6.45) is 5.98. The van der Waals surface area contributed by atoms with Crippen LogP contribution in [0.5, 0.6) is 0 Å². The monoisotopic (exact) mass is 483 g/mol. The van der Waals surface area contributed by atoms with E-state index in [2.05, 4.69) is 41.1 Å². The minimum atomic E-state index is -0.131. The lowest BCUT2D eigenvalue weighted by molar-refractivity contribution is -0.140. The highest BCUT2D eigenvalue weighted by Gasteiger charge is 2.35. The standard InChI is InChI=1S/C19H37N3O3.HI/c1-19(2,3)17-15(10-9-13-25-17)14-22-18(20-4)21-12-8-6-7-11-16(23)24-5;/h15,17H,6-14H2,1-5H3,(H2,20,21,22);1H. The zero-order chi connectivity index (χ0) is 18.7. The van der Waals surface area contributed by atoms with E-state index >= 15 is 0 Å². The van der Waals surface area contributed by atoms with Gasteiger partial charge in [-0.15, -0.1) is 24.0 Å². The van der Waals surface area contributed by atoms with Gasteiger partial charge < -0.3 is 20.1 Å². The van der Waals surface area contributed by atoms with Gasteiger partial charge in [-0.25, -0.2) is 0 Å². The molecule has 1 aliphatic rings. The van der Waals surface area contributed by atoms with Crippen LogP contribution in [0.25, 0.3) is 0 Å². The van der Waals surface area contributed by atoms with Gasteiger partial charge >= 0.3 is 5.97 Å². The number of nitrogens with zero attached hydrogens (tertiary/aromatic N) is 1. The van der Waals surface area contributed by atoms with Crippen molar-refractivity contribution in [2.24, 2.45) is 16.3 Å². The van der Waals surface area contributed by atoms with Crippen LogP contribution in [0.4, 0.5) is 0 Å². The number of methoxy groups -OCH3 is 1. The van der Waals surface area contributed by atoms with Gasteiger partial charge in [0.05, 0.1) is 13.2 Å². The van der Waals surface area contributed by atoms with Gasteiger partial charge in [-0.1, -0.05) is 27.2 Å². The Hall–Kier alpha value is -0.570. The van der Waals surface area contributed by atoms with Gasteiger partial charge in [-0.3, -0.25) is 9.79 Å². The van der Waals surface area contributed by atoms with Gasteiger partial charge in [0, 0.05) is 39.1 Å². The second-order valence-corrected chi connectivity index (χ2v) is 7.83. The molecule has 1 fully saturated rings. The average molecular weight is 483 g/mol. The molecule has 0 amide bonds. The zero-order valence-electron chi connectivity index (χ0n) is 17.1. The molecule has 0 bridgehead atoms. The SMILES string of the molecule is CN=C(NCCCCCC(=O)OC)NCC1CCCOC1C(C)(C)C.I. The molecule has 1 aliphatic heterocycles. The van der Waals surface area contributed by atoms with E-state index in [1.807, 2.05) is 0 Å². The summed E-state index contributed by atoms with van der Waals surface area (Å²) in [4.78, 5) is 15.4. The number of halogens is 1. The van der Waals surface area contributed by atoms with Crippen molar-refractivity contribution in [3.8, 4) is 0 Å². The van der Waals surface area contributed by atoms with E-state index in [1.165, 1.54) is 13.5 Å². The fourth-order valence-corrected chi connectivity index (χ4v) is 3.34. The minimum absolute atomic E-state index is 0. The summed E-state index contributed by atoms with van der Waals surface area (Å²) in [5.74, 6) is 1.21. The maximum absolute atomic E-state index is 11.1. The second-order valence-electron chi connectivity index (χ2n) is 7.83. The zero-order valence-corrected chi connectivity index (χ0v) is 19.4. The van der Waals surface area contributed by atoms with Crippen LogP contribution in [-0.2, 0) is 14.3 Å². The van der Waals surface area contributed by atoms with Gasteiger partial charge in [0.1, 0.15) is 0 Å². The van der Waals surface area contributed by atoms with Crippen LogP contribution < -0.4 is 10.6 Å². The Morgan fingerprint density at radius 3 is 2.58 bits per heavy atom. The predicted octanol–water partition coefficient (Wildman–Crippen LogP) is 3.34. The first-order valence-electron chi connectivity index (χ1n) is 9.51. The fourth-order valence-electron chi connectivity index (χ4n) is 3.34. The lowest BCUT2D eigenvalue weighted by atomic mass is 9.78. The van der Waals surface area contributed by atoms with Crippen molar-refractivity contribution in [1.82, 2.24) is 10.6 Å². The molecule has 6 nitrogen and oxygen atoms in total. The largest absolute Gasteiger partial charge is 0.469 e. The Bertz CT molecular complexity index is 425. The second kappa shape index (κ2) is 13.6. The number of hydrogen-bond acceptors (Lipinski definition) is 4. The number of ether oxygens (including phenoxy) is 2. The number of esters is 1. The molecule has 7 heteroatoms. The van der Waals surface area contributed by atoms with Gasteiger partial charge in [-0.2, -0.15) is 0 Å². The smallest absolute Gasteiger partial charge is 0.305 e. The first kappa shape index (κ1) is 25.4. The molecule has 2 N–H and O–H groups in total. The number of nitrogens with one attached hydrogen (secondary N) is 2. The number of unbranched alkanes of at least 4 members (excludes halogenated alkanes) is 2. The quantitative estimate of drug-likeness (QED) is 0.182. The molecule has 2 atom stereocenters. The summed E-state index contributed by atoms with van der Waals surface area (Å²) in [6, 6.07) is 0. The molecule has 0 aromatic rings. The minimum Gasteiger partial charge on any atom is -0.469 e. The van der Waals surface area contributed by atoms with Crippen molar-refractivity contribution in [3.05, 3.63) is 0 Å². The van der Waals surface area contributed by atoms with Crippen molar-refractivity contribution in [1.29, 1.82) is 0 Å². The first-order valence-corrected chi connectivity index (χ1v) is 9.51. The number of carbonyl (C=O) groups excluding carboxylic acids is 1. The predicted molar refractivity (Wildman–Crippen MR) is 117 cm³/mol. The molecule has 26 heavy (non-hydrogen) atoms. The molecule has 0 spiro atoms. The Balaban J connectivity index is 0.00000625. The van der Waals surface area contributed by atoms with E-state index in [4.69, 9.17) is 4.74 Å². The van der Waals surface area contributed by atoms with E-state index in [0.717, 1.165) is 51.3 Å². The van der Waals surface area contributed by atoms with E-state index in [1.54, 1.807) is 7.05 Å². The summed E-state index contributed by atoms with van der Waals surface area (Å²) >= 11 is 0. The molecule has 1 saturated heterocycles. The van der Waals surface area contributed by atoms with E-state index in [0.29, 0.717) is 12.3 Å². The third-order valence-corrected chi connectivity index (χ3v) is 4.63. The highest BCUT2D eigenvalue weighted by molar-refractivity contribution is 14.0. The summed E-state index contributed by atoms with van der Waals surface area (Å²) in [7, 11) is 3.23. The fraction of sp³-hybridized carbons (Fsp3) is 0.895. The van der Waals surface area contributed by atoms with Crippen LogP contribution >= 0.6 is 24.0 Å². The third kappa shape index (κ3) is 9.94. The first-order chi connectivity index (χ1) is 11.9. The Morgan fingerprint density at radius 2 is 1.96 bits per heavy atom. The third-order valence-electron chi connectivity index (χ3n) is 4.63. The van der Waals surface area contributed by atoms with Crippen molar-refractivity contribution in [3.63, 3.8) is 0 Å². The normalized spacial score (nSPS) is 20.9. The summed E-state index contributed by atoms with van der Waals surface area (Å²) in [5, 5.41) is 6.79. The Morgan fingerprint density at radius 1 is 1.23 bits per heavy atom. The molecule has 1 rings (SSSR count). The van der Waals surface area contributed by atoms with Gasteiger partial charge in [0.15, 0.2) is 5.96 Å². The topological polar surface area (TPSA) is 72.0 Å². The average Bonchev–Trinajstić information content (AvgIpc) is 2.59. The van der Waals surface area contributed by atoms with Crippen LogP contribution in [0.15, 0.2) is 4.99 Å². The maximum atomic E-state index is 11.1. The van der Waals surface area contributed by atoms with Gasteiger partial charge in [0.2, 0.25) is 0 Å². The van der Waals surface area contributed by atoms with Crippen molar-refractivity contribution >= 4 is 35.9 Å². The number of aliphatic imine (C=N–C) groups is 1. The number of carbonyl (C=O) groups is 1. The van der Waals surface area contributed by atoms with Crippen molar-refractivity contribution in [2.75, 3.05) is 33.9 Å². The molecular formula is C19H38IN3O3. The van der Waals surface area contributed by atoms with Crippen LogP contribution in [0, 0.1) is 11.3 Å². The molecule has 0 aromatic carbocycles. The molecule has 0 aromatic heterocycles. The van der Waals surface area contributed by atoms with E-state index in [-0.39, 0.29) is 41.5 Å². The molecule has 0 saturated carbocycles. The number of rotatable bonds is 8. The van der Waals surface area contributed by atoms with Crippen LogP contribution in [0.2, 0.25) is 0 Å². The molecule has 2 unspecified atom stereocenters. The maximum Gasteiger partial charge on any atom is 0.305 e. The van der Waals surface area contributed by atoms with Crippen molar-refractivity contribution in [2.45, 2.75) is 65.4 Å². The Kier molecular flexibility index (Phi) is 13.3. The molecular weight excluding hydrogens is 445 g/mol.